The van der Waals surface area contributed by atoms with Crippen molar-refractivity contribution in [2.45, 2.75) is 84.0 Å². The minimum Gasteiger partial charge on any atom is -0.331 e. The lowest BCUT2D eigenvalue weighted by Gasteiger charge is -2.36. The second-order valence-corrected chi connectivity index (χ2v) is 6.47. The van der Waals surface area contributed by atoms with Crippen LogP contribution in [0, 0.1) is 5.92 Å². The Morgan fingerprint density at radius 2 is 1.21 bits per heavy atom. The van der Waals surface area contributed by atoms with Gasteiger partial charge in [0.25, 0.3) is 5.97 Å². The molecule has 1 unspecified atom stereocenters. The van der Waals surface area contributed by atoms with Crippen LogP contribution in [0.25, 0.3) is 0 Å². The second kappa shape index (κ2) is 16.3. The molecule has 146 valence electrons. The van der Waals surface area contributed by atoms with E-state index in [1.807, 2.05) is 0 Å². The number of nitrogens with one attached hydrogen (secondary N) is 2. The zero-order valence-corrected chi connectivity index (χ0v) is 16.8. The highest BCUT2D eigenvalue weighted by Gasteiger charge is 2.39. The summed E-state index contributed by atoms with van der Waals surface area (Å²) in [6.45, 7) is 6.36. The van der Waals surface area contributed by atoms with Crippen molar-refractivity contribution in [2.24, 2.45) is 5.92 Å². The first-order chi connectivity index (χ1) is 11.7. The van der Waals surface area contributed by atoms with E-state index in [-0.39, 0.29) is 5.92 Å². The molecule has 0 aromatic heterocycles. The van der Waals surface area contributed by atoms with E-state index in [0.29, 0.717) is 0 Å². The normalized spacial score (nSPS) is 13.4. The van der Waals surface area contributed by atoms with Crippen LogP contribution in [-0.2, 0) is 14.2 Å². The molecule has 0 aromatic carbocycles. The molecule has 0 fully saturated rings. The topological polar surface area (TPSA) is 51.8 Å². The number of hydrogen-bond acceptors (Lipinski definition) is 5. The van der Waals surface area contributed by atoms with Crippen LogP contribution in [0.5, 0.6) is 0 Å². The van der Waals surface area contributed by atoms with E-state index in [9.17, 15) is 0 Å². The van der Waals surface area contributed by atoms with Gasteiger partial charge in [0.2, 0.25) is 0 Å². The zero-order valence-electron chi connectivity index (χ0n) is 16.8. The van der Waals surface area contributed by atoms with E-state index in [0.717, 1.165) is 38.8 Å². The summed E-state index contributed by atoms with van der Waals surface area (Å²) >= 11 is 0. The lowest BCUT2D eigenvalue weighted by atomic mass is 9.93. The van der Waals surface area contributed by atoms with Crippen LogP contribution in [0.2, 0.25) is 0 Å². The molecule has 0 aromatic rings. The monoisotopic (exact) mass is 346 g/mol. The molecule has 0 rings (SSSR count). The number of unbranched alkanes of at least 4 members (excludes halogenated alkanes) is 5. The van der Waals surface area contributed by atoms with Crippen LogP contribution in [-0.4, -0.2) is 40.4 Å². The van der Waals surface area contributed by atoms with E-state index in [4.69, 9.17) is 14.2 Å². The molecule has 5 nitrogen and oxygen atoms in total. The first-order valence-corrected chi connectivity index (χ1v) is 9.81. The lowest BCUT2D eigenvalue weighted by molar-refractivity contribution is -0.380. The Balaban J connectivity index is 4.28. The fourth-order valence-electron chi connectivity index (χ4n) is 3.16. The third-order valence-electron chi connectivity index (χ3n) is 4.61. The van der Waals surface area contributed by atoms with Crippen LogP contribution < -0.4 is 10.9 Å². The quantitative estimate of drug-likeness (QED) is 0.221. The summed E-state index contributed by atoms with van der Waals surface area (Å²) in [6, 6.07) is 0. The second-order valence-electron chi connectivity index (χ2n) is 6.47. The minimum atomic E-state index is -0.916. The van der Waals surface area contributed by atoms with Gasteiger partial charge in [0.1, 0.15) is 0 Å². The molecule has 0 spiro atoms. The summed E-state index contributed by atoms with van der Waals surface area (Å²) in [4.78, 5) is 0. The van der Waals surface area contributed by atoms with E-state index < -0.39 is 5.97 Å². The van der Waals surface area contributed by atoms with Crippen molar-refractivity contribution in [2.75, 3.05) is 34.4 Å². The zero-order chi connectivity index (χ0) is 18.1. The largest absolute Gasteiger partial charge is 0.331 e. The molecular weight excluding hydrogens is 304 g/mol. The fourth-order valence-corrected chi connectivity index (χ4v) is 3.16. The van der Waals surface area contributed by atoms with Crippen LogP contribution in [0.4, 0.5) is 0 Å². The van der Waals surface area contributed by atoms with Crippen LogP contribution in [0.3, 0.4) is 0 Å². The molecule has 0 aliphatic rings. The van der Waals surface area contributed by atoms with E-state index in [1.165, 1.54) is 38.5 Å². The highest BCUT2D eigenvalue weighted by Crippen LogP contribution is 2.32. The van der Waals surface area contributed by atoms with Gasteiger partial charge in [0, 0.05) is 40.3 Å². The molecule has 0 saturated carbocycles. The Morgan fingerprint density at radius 1 is 0.667 bits per heavy atom. The van der Waals surface area contributed by atoms with Gasteiger partial charge in [-0.05, 0) is 25.7 Å². The lowest BCUT2D eigenvalue weighted by Crippen LogP contribution is -2.44. The summed E-state index contributed by atoms with van der Waals surface area (Å²) in [7, 11) is 5.01. The van der Waals surface area contributed by atoms with Gasteiger partial charge >= 0.3 is 0 Å². The average Bonchev–Trinajstić information content (AvgIpc) is 2.62. The maximum atomic E-state index is 5.61. The number of hydrogen-bond donors (Lipinski definition) is 2. The number of rotatable bonds is 18. The third kappa shape index (κ3) is 9.94. The van der Waals surface area contributed by atoms with Gasteiger partial charge in [0.15, 0.2) is 0 Å². The van der Waals surface area contributed by atoms with Crippen molar-refractivity contribution in [3.8, 4) is 0 Å². The predicted molar refractivity (Wildman–Crippen MR) is 101 cm³/mol. The Labute approximate surface area is 150 Å². The van der Waals surface area contributed by atoms with Gasteiger partial charge in [-0.25, -0.2) is 0 Å². The highest BCUT2D eigenvalue weighted by molar-refractivity contribution is 4.72. The van der Waals surface area contributed by atoms with Crippen molar-refractivity contribution in [3.05, 3.63) is 0 Å². The first kappa shape index (κ1) is 23.8. The van der Waals surface area contributed by atoms with Crippen molar-refractivity contribution < 1.29 is 14.2 Å². The predicted octanol–water partition coefficient (Wildman–Crippen LogP) is 4.23. The minimum absolute atomic E-state index is 0.247. The Hall–Kier alpha value is -0.200. The molecular formula is C19H42N2O3. The van der Waals surface area contributed by atoms with Crippen LogP contribution >= 0.6 is 0 Å². The Morgan fingerprint density at radius 3 is 1.79 bits per heavy atom. The van der Waals surface area contributed by atoms with Crippen molar-refractivity contribution in [3.63, 3.8) is 0 Å². The van der Waals surface area contributed by atoms with E-state index in [1.54, 1.807) is 21.3 Å². The Bertz CT molecular complexity index is 237. The molecule has 2 N–H and O–H groups in total. The SMILES string of the molecule is CCCCCCCCC(CCCNNCCC)C(OC)(OC)OC. The molecule has 0 saturated heterocycles. The third-order valence-corrected chi connectivity index (χ3v) is 4.61. The van der Waals surface area contributed by atoms with Gasteiger partial charge in [0.05, 0.1) is 0 Å². The number of methoxy groups -OCH3 is 3. The standard InChI is InChI=1S/C19H42N2O3/c1-6-8-9-10-11-12-14-18(19(22-3,23-4)24-5)15-13-17-21-20-16-7-2/h18,20-21H,6-17H2,1-5H3. The smallest absolute Gasteiger partial charge is 0.285 e. The molecule has 0 aliphatic carbocycles. The number of hydrazine groups is 1. The maximum Gasteiger partial charge on any atom is 0.285 e. The fraction of sp³-hybridized carbons (Fsp3) is 1.00. The molecule has 5 heteroatoms. The molecule has 0 radical (unpaired) electrons. The first-order valence-electron chi connectivity index (χ1n) is 9.81. The summed E-state index contributed by atoms with van der Waals surface area (Å²) in [5, 5.41) is 0. The van der Waals surface area contributed by atoms with Crippen LogP contribution in [0.1, 0.15) is 78.1 Å². The Kier molecular flexibility index (Phi) is 16.1. The van der Waals surface area contributed by atoms with Crippen LogP contribution in [0.15, 0.2) is 0 Å². The molecule has 0 amide bonds. The molecule has 0 bridgehead atoms. The molecule has 1 atom stereocenters. The van der Waals surface area contributed by atoms with Gasteiger partial charge < -0.3 is 14.2 Å². The summed E-state index contributed by atoms with van der Waals surface area (Å²) in [6.07, 6.45) is 12.1. The van der Waals surface area contributed by atoms with Gasteiger partial charge in [-0.2, -0.15) is 0 Å². The summed E-state index contributed by atoms with van der Waals surface area (Å²) in [5.74, 6) is -0.670. The average molecular weight is 347 g/mol. The molecule has 24 heavy (non-hydrogen) atoms. The maximum absolute atomic E-state index is 5.61. The van der Waals surface area contributed by atoms with E-state index in [2.05, 4.69) is 24.7 Å². The van der Waals surface area contributed by atoms with Crippen molar-refractivity contribution in [1.82, 2.24) is 10.9 Å². The van der Waals surface area contributed by atoms with Gasteiger partial charge in [-0.3, -0.25) is 10.9 Å². The highest BCUT2D eigenvalue weighted by atomic mass is 16.9. The van der Waals surface area contributed by atoms with Gasteiger partial charge in [-0.1, -0.05) is 52.4 Å². The van der Waals surface area contributed by atoms with Gasteiger partial charge in [-0.15, -0.1) is 0 Å². The van der Waals surface area contributed by atoms with E-state index >= 15 is 0 Å². The summed E-state index contributed by atoms with van der Waals surface area (Å²) in [5.41, 5.74) is 6.48. The van der Waals surface area contributed by atoms with Crippen molar-refractivity contribution in [1.29, 1.82) is 0 Å². The molecule has 0 aliphatic heterocycles. The number of ether oxygens (including phenoxy) is 3. The molecule has 0 heterocycles. The summed E-state index contributed by atoms with van der Waals surface area (Å²) < 4.78 is 16.8. The van der Waals surface area contributed by atoms with Crippen molar-refractivity contribution >= 4 is 0 Å².